The van der Waals surface area contributed by atoms with Gasteiger partial charge in [0.15, 0.2) is 5.65 Å². The van der Waals surface area contributed by atoms with Crippen molar-refractivity contribution in [1.82, 2.24) is 14.5 Å². The third kappa shape index (κ3) is 3.79. The third-order valence-electron chi connectivity index (χ3n) is 3.53. The molecule has 0 saturated carbocycles. The number of rotatable bonds is 6. The Bertz CT molecular complexity index is 897. The average Bonchev–Trinajstić information content (AvgIpc) is 2.59. The summed E-state index contributed by atoms with van der Waals surface area (Å²) in [5.74, 6) is 0. The lowest BCUT2D eigenvalue weighted by molar-refractivity contribution is 0.0198. The lowest BCUT2D eigenvalue weighted by Crippen LogP contribution is -2.29. The summed E-state index contributed by atoms with van der Waals surface area (Å²) in [6, 6.07) is 10.7. The largest absolute Gasteiger partial charge is 0.389 e. The summed E-state index contributed by atoms with van der Waals surface area (Å²) in [6.07, 6.45) is 2.13. The number of aliphatic hydroxyl groups excluding tert-OH is 1. The summed E-state index contributed by atoms with van der Waals surface area (Å²) >= 11 is 6.04. The van der Waals surface area contributed by atoms with Crippen LogP contribution in [0.5, 0.6) is 0 Å². The van der Waals surface area contributed by atoms with Crippen LogP contribution >= 0.6 is 11.6 Å². The third-order valence-corrected chi connectivity index (χ3v) is 3.90. The van der Waals surface area contributed by atoms with Crippen LogP contribution in [0.1, 0.15) is 5.56 Å². The molecule has 6 nitrogen and oxygen atoms in total. The minimum Gasteiger partial charge on any atom is -0.389 e. The Labute approximate surface area is 143 Å². The van der Waals surface area contributed by atoms with Gasteiger partial charge in [-0.3, -0.25) is 9.36 Å². The first-order valence-electron chi connectivity index (χ1n) is 7.44. The van der Waals surface area contributed by atoms with Crippen molar-refractivity contribution in [1.29, 1.82) is 0 Å². The molecule has 1 N–H and O–H groups in total. The maximum Gasteiger partial charge on any atom is 0.262 e. The van der Waals surface area contributed by atoms with Crippen molar-refractivity contribution in [2.75, 3.05) is 6.61 Å². The van der Waals surface area contributed by atoms with Gasteiger partial charge in [0, 0.05) is 11.2 Å². The molecule has 0 radical (unpaired) electrons. The molecule has 0 aliphatic carbocycles. The standard InChI is InChI=1S/C17H16ClN3O3/c18-15-6-2-1-4-12(15)9-24-10-13(22)8-21-11-20-16-14(17(21)23)5-3-7-19-16/h1-7,11,13,22H,8-10H2. The fourth-order valence-corrected chi connectivity index (χ4v) is 2.52. The lowest BCUT2D eigenvalue weighted by atomic mass is 10.2. The fraction of sp³-hybridized carbons (Fsp3) is 0.235. The molecule has 2 heterocycles. The number of nitrogens with zero attached hydrogens (tertiary/aromatic N) is 3. The van der Waals surface area contributed by atoms with Crippen LogP contribution in [0.3, 0.4) is 0 Å². The Hall–Kier alpha value is -2.28. The molecule has 0 saturated heterocycles. The van der Waals surface area contributed by atoms with Crippen LogP contribution < -0.4 is 5.56 Å². The Morgan fingerprint density at radius 3 is 2.88 bits per heavy atom. The number of pyridine rings is 1. The van der Waals surface area contributed by atoms with Crippen molar-refractivity contribution in [3.05, 3.63) is 69.9 Å². The monoisotopic (exact) mass is 345 g/mol. The van der Waals surface area contributed by atoms with Crippen LogP contribution in [0.2, 0.25) is 5.02 Å². The molecule has 124 valence electrons. The molecule has 0 spiro atoms. The Balaban J connectivity index is 1.61. The van der Waals surface area contributed by atoms with Crippen molar-refractivity contribution in [3.8, 4) is 0 Å². The topological polar surface area (TPSA) is 77.2 Å². The van der Waals surface area contributed by atoms with Crippen LogP contribution in [-0.4, -0.2) is 32.4 Å². The van der Waals surface area contributed by atoms with Crippen LogP contribution in [0, 0.1) is 0 Å². The second kappa shape index (κ2) is 7.53. The molecule has 0 aliphatic heterocycles. The van der Waals surface area contributed by atoms with Crippen molar-refractivity contribution in [2.45, 2.75) is 19.3 Å². The van der Waals surface area contributed by atoms with Crippen molar-refractivity contribution >= 4 is 22.6 Å². The first kappa shape index (κ1) is 16.6. The molecule has 0 fully saturated rings. The second-order valence-electron chi connectivity index (χ2n) is 5.34. The highest BCUT2D eigenvalue weighted by molar-refractivity contribution is 6.31. The minimum atomic E-state index is -0.832. The zero-order chi connectivity index (χ0) is 16.9. The van der Waals surface area contributed by atoms with Crippen molar-refractivity contribution in [2.24, 2.45) is 0 Å². The molecule has 0 aliphatic rings. The molecule has 1 atom stereocenters. The molecule has 0 bridgehead atoms. The molecular formula is C17H16ClN3O3. The number of hydrogen-bond donors (Lipinski definition) is 1. The summed E-state index contributed by atoms with van der Waals surface area (Å²) in [7, 11) is 0. The van der Waals surface area contributed by atoms with E-state index in [9.17, 15) is 9.90 Å². The zero-order valence-electron chi connectivity index (χ0n) is 12.8. The molecule has 0 amide bonds. The number of benzene rings is 1. The van der Waals surface area contributed by atoms with Crippen LogP contribution in [0.15, 0.2) is 53.7 Å². The maximum atomic E-state index is 12.3. The Morgan fingerprint density at radius 2 is 2.04 bits per heavy atom. The van der Waals surface area contributed by atoms with Crippen LogP contribution in [-0.2, 0) is 17.9 Å². The zero-order valence-corrected chi connectivity index (χ0v) is 13.6. The van der Waals surface area contributed by atoms with Gasteiger partial charge in [0.1, 0.15) is 6.33 Å². The van der Waals surface area contributed by atoms with Crippen LogP contribution in [0.25, 0.3) is 11.0 Å². The number of fused-ring (bicyclic) bond motifs is 1. The van der Waals surface area contributed by atoms with E-state index in [0.29, 0.717) is 22.7 Å². The quantitative estimate of drug-likeness (QED) is 0.739. The molecule has 3 rings (SSSR count). The summed E-state index contributed by atoms with van der Waals surface area (Å²) in [4.78, 5) is 20.5. The van der Waals surface area contributed by atoms with Gasteiger partial charge in [-0.05, 0) is 23.8 Å². The van der Waals surface area contributed by atoms with E-state index in [-0.39, 0.29) is 18.7 Å². The first-order chi connectivity index (χ1) is 11.6. The van der Waals surface area contributed by atoms with E-state index >= 15 is 0 Å². The predicted octanol–water partition coefficient (Wildman–Crippen LogP) is 2.02. The summed E-state index contributed by atoms with van der Waals surface area (Å²) in [5, 5.41) is 11.1. The second-order valence-corrected chi connectivity index (χ2v) is 5.74. The average molecular weight is 346 g/mol. The highest BCUT2D eigenvalue weighted by atomic mass is 35.5. The van der Waals surface area contributed by atoms with Gasteiger partial charge in [0.05, 0.1) is 31.2 Å². The van der Waals surface area contributed by atoms with Crippen LogP contribution in [0.4, 0.5) is 0 Å². The van der Waals surface area contributed by atoms with Gasteiger partial charge in [-0.15, -0.1) is 0 Å². The summed E-state index contributed by atoms with van der Waals surface area (Å²) in [6.45, 7) is 0.480. The van der Waals surface area contributed by atoms with Crippen molar-refractivity contribution in [3.63, 3.8) is 0 Å². The predicted molar refractivity (Wildman–Crippen MR) is 90.9 cm³/mol. The Morgan fingerprint density at radius 1 is 1.21 bits per heavy atom. The number of aliphatic hydroxyl groups is 1. The van der Waals surface area contributed by atoms with E-state index in [0.717, 1.165) is 5.56 Å². The minimum absolute atomic E-state index is 0.0861. The normalized spacial score (nSPS) is 12.4. The van der Waals surface area contributed by atoms with Gasteiger partial charge in [-0.25, -0.2) is 9.97 Å². The van der Waals surface area contributed by atoms with Gasteiger partial charge in [-0.1, -0.05) is 29.8 Å². The van der Waals surface area contributed by atoms with Gasteiger partial charge in [0.2, 0.25) is 0 Å². The molecule has 7 heteroatoms. The first-order valence-corrected chi connectivity index (χ1v) is 7.82. The maximum absolute atomic E-state index is 12.3. The molecular weight excluding hydrogens is 330 g/mol. The highest BCUT2D eigenvalue weighted by Gasteiger charge is 2.10. The fourth-order valence-electron chi connectivity index (χ4n) is 2.33. The van der Waals surface area contributed by atoms with E-state index in [1.807, 2.05) is 18.2 Å². The van der Waals surface area contributed by atoms with Gasteiger partial charge in [-0.2, -0.15) is 0 Å². The molecule has 2 aromatic heterocycles. The molecule has 1 unspecified atom stereocenters. The molecule has 24 heavy (non-hydrogen) atoms. The van der Waals surface area contributed by atoms with Gasteiger partial charge < -0.3 is 9.84 Å². The summed E-state index contributed by atoms with van der Waals surface area (Å²) in [5.41, 5.74) is 1.00. The number of aromatic nitrogens is 3. The number of ether oxygens (including phenoxy) is 1. The van der Waals surface area contributed by atoms with E-state index < -0.39 is 6.10 Å². The van der Waals surface area contributed by atoms with E-state index in [2.05, 4.69) is 9.97 Å². The smallest absolute Gasteiger partial charge is 0.262 e. The lowest BCUT2D eigenvalue weighted by Gasteiger charge is -2.13. The Kier molecular flexibility index (Phi) is 5.20. The highest BCUT2D eigenvalue weighted by Crippen LogP contribution is 2.15. The molecule has 3 aromatic rings. The summed E-state index contributed by atoms with van der Waals surface area (Å²) < 4.78 is 6.83. The van der Waals surface area contributed by atoms with Gasteiger partial charge >= 0.3 is 0 Å². The number of hydrogen-bond acceptors (Lipinski definition) is 5. The van der Waals surface area contributed by atoms with Crippen molar-refractivity contribution < 1.29 is 9.84 Å². The van der Waals surface area contributed by atoms with E-state index in [4.69, 9.17) is 16.3 Å². The van der Waals surface area contributed by atoms with Gasteiger partial charge in [0.25, 0.3) is 5.56 Å². The SMILES string of the molecule is O=c1c2cccnc2ncn1CC(O)COCc1ccccc1Cl. The van der Waals surface area contributed by atoms with E-state index in [1.165, 1.54) is 10.9 Å². The van der Waals surface area contributed by atoms with E-state index in [1.54, 1.807) is 24.4 Å². The molecule has 1 aromatic carbocycles. The number of halogens is 1.